The third kappa shape index (κ3) is 2.88. The maximum Gasteiger partial charge on any atom is 0.374 e. The summed E-state index contributed by atoms with van der Waals surface area (Å²) in [5.41, 5.74) is 0.764. The zero-order chi connectivity index (χ0) is 14.5. The normalized spacial score (nSPS) is 10.1. The summed E-state index contributed by atoms with van der Waals surface area (Å²) in [5, 5.41) is 0. The molecule has 0 unspecified atom stereocenters. The van der Waals surface area contributed by atoms with Gasteiger partial charge in [0, 0.05) is 6.07 Å². The number of carbonyl (C=O) groups is 1. The van der Waals surface area contributed by atoms with E-state index in [2.05, 4.69) is 0 Å². The van der Waals surface area contributed by atoms with Gasteiger partial charge in [-0.2, -0.15) is 0 Å². The highest BCUT2D eigenvalue weighted by atomic mass is 16.5. The van der Waals surface area contributed by atoms with Crippen LogP contribution in [0.25, 0.3) is 11.1 Å². The second-order valence-corrected chi connectivity index (χ2v) is 3.97. The van der Waals surface area contributed by atoms with Crippen LogP contribution in [0.4, 0.5) is 0 Å². The Balaban J connectivity index is 2.33. The van der Waals surface area contributed by atoms with Gasteiger partial charge in [-0.05, 0) is 24.6 Å². The van der Waals surface area contributed by atoms with Crippen LogP contribution >= 0.6 is 0 Å². The van der Waals surface area contributed by atoms with Crippen molar-refractivity contribution in [3.05, 3.63) is 52.6 Å². The lowest BCUT2D eigenvalue weighted by Gasteiger charge is -2.04. The van der Waals surface area contributed by atoms with E-state index in [1.54, 1.807) is 38.3 Å². The van der Waals surface area contributed by atoms with E-state index in [0.717, 1.165) is 6.07 Å². The molecule has 0 radical (unpaired) electrons. The van der Waals surface area contributed by atoms with Gasteiger partial charge in [0.25, 0.3) is 0 Å². The Morgan fingerprint density at radius 1 is 1.25 bits per heavy atom. The number of hydrogen-bond donors (Lipinski definition) is 0. The van der Waals surface area contributed by atoms with Gasteiger partial charge in [0.2, 0.25) is 5.76 Å². The summed E-state index contributed by atoms with van der Waals surface area (Å²) in [5.74, 6) is -0.0544. The van der Waals surface area contributed by atoms with Crippen LogP contribution in [0.15, 0.2) is 45.8 Å². The fraction of sp³-hybridized carbons (Fsp3) is 0.200. The Morgan fingerprint density at radius 2 is 1.95 bits per heavy atom. The maximum atomic E-state index is 12.0. The number of esters is 1. The lowest BCUT2D eigenvalue weighted by atomic mass is 10.1. The van der Waals surface area contributed by atoms with Gasteiger partial charge in [-0.15, -0.1) is 0 Å². The first-order valence-electron chi connectivity index (χ1n) is 6.10. The Kier molecular flexibility index (Phi) is 4.20. The first kappa shape index (κ1) is 13.9. The molecular weight excluding hydrogens is 260 g/mol. The molecule has 20 heavy (non-hydrogen) atoms. The highest BCUT2D eigenvalue weighted by molar-refractivity contribution is 5.86. The van der Waals surface area contributed by atoms with Crippen LogP contribution < -0.4 is 10.2 Å². The number of ether oxygens (including phenoxy) is 2. The van der Waals surface area contributed by atoms with E-state index in [0.29, 0.717) is 16.9 Å². The molecule has 0 atom stereocenters. The van der Waals surface area contributed by atoms with Crippen molar-refractivity contribution in [2.24, 2.45) is 0 Å². The molecule has 0 aliphatic rings. The molecule has 0 amide bonds. The third-order valence-corrected chi connectivity index (χ3v) is 2.71. The van der Waals surface area contributed by atoms with Crippen molar-refractivity contribution in [3.63, 3.8) is 0 Å². The van der Waals surface area contributed by atoms with Gasteiger partial charge in [0.05, 0.1) is 19.3 Å². The molecular formula is C15H14O5. The van der Waals surface area contributed by atoms with E-state index in [1.807, 2.05) is 0 Å². The van der Waals surface area contributed by atoms with Crippen LogP contribution in [0, 0.1) is 0 Å². The van der Waals surface area contributed by atoms with Gasteiger partial charge < -0.3 is 13.9 Å². The van der Waals surface area contributed by atoms with Crippen molar-refractivity contribution >= 4 is 5.97 Å². The zero-order valence-electron chi connectivity index (χ0n) is 11.2. The molecule has 1 heterocycles. The molecule has 0 N–H and O–H groups in total. The minimum absolute atomic E-state index is 0.103. The molecule has 0 fully saturated rings. The monoisotopic (exact) mass is 274 g/mol. The van der Waals surface area contributed by atoms with Gasteiger partial charge in [-0.3, -0.25) is 4.79 Å². The van der Waals surface area contributed by atoms with Crippen LogP contribution in [0.2, 0.25) is 0 Å². The lowest BCUT2D eigenvalue weighted by molar-refractivity contribution is 0.0487. The van der Waals surface area contributed by atoms with Crippen LogP contribution in [-0.2, 0) is 4.74 Å². The first-order valence-corrected chi connectivity index (χ1v) is 6.10. The largest absolute Gasteiger partial charge is 0.497 e. The van der Waals surface area contributed by atoms with Gasteiger partial charge in [0.1, 0.15) is 12.0 Å². The highest BCUT2D eigenvalue weighted by Crippen LogP contribution is 2.20. The van der Waals surface area contributed by atoms with Crippen molar-refractivity contribution in [3.8, 4) is 16.9 Å². The quantitative estimate of drug-likeness (QED) is 0.801. The van der Waals surface area contributed by atoms with Crippen molar-refractivity contribution in [1.29, 1.82) is 0 Å². The first-order chi connectivity index (χ1) is 9.65. The molecule has 0 aliphatic carbocycles. The molecule has 0 saturated heterocycles. The van der Waals surface area contributed by atoms with Gasteiger partial charge in [-0.25, -0.2) is 4.79 Å². The summed E-state index contributed by atoms with van der Waals surface area (Å²) in [6.45, 7) is 1.91. The highest BCUT2D eigenvalue weighted by Gasteiger charge is 2.13. The molecule has 1 aromatic carbocycles. The molecule has 2 rings (SSSR count). The maximum absolute atomic E-state index is 12.0. The second-order valence-electron chi connectivity index (χ2n) is 3.97. The molecule has 0 aliphatic heterocycles. The molecule has 2 aromatic rings. The second kappa shape index (κ2) is 6.06. The summed E-state index contributed by atoms with van der Waals surface area (Å²) in [7, 11) is 1.57. The van der Waals surface area contributed by atoms with Crippen molar-refractivity contribution < 1.29 is 18.7 Å². The zero-order valence-corrected chi connectivity index (χ0v) is 11.2. The number of hydrogen-bond acceptors (Lipinski definition) is 5. The summed E-state index contributed by atoms with van der Waals surface area (Å²) < 4.78 is 15.0. The molecule has 5 nitrogen and oxygen atoms in total. The molecule has 0 saturated carbocycles. The average Bonchev–Trinajstić information content (AvgIpc) is 2.47. The van der Waals surface area contributed by atoms with E-state index in [-0.39, 0.29) is 17.8 Å². The topological polar surface area (TPSA) is 65.7 Å². The average molecular weight is 274 g/mol. The predicted octanol–water partition coefficient (Wildman–Crippen LogP) is 2.49. The fourth-order valence-electron chi connectivity index (χ4n) is 1.70. The molecule has 1 aromatic heterocycles. The Labute approximate surface area is 115 Å². The number of benzene rings is 1. The summed E-state index contributed by atoms with van der Waals surface area (Å²) >= 11 is 0. The fourth-order valence-corrected chi connectivity index (χ4v) is 1.70. The number of methoxy groups -OCH3 is 1. The van der Waals surface area contributed by atoms with E-state index in [9.17, 15) is 9.59 Å². The number of carbonyl (C=O) groups excluding carboxylic acids is 1. The van der Waals surface area contributed by atoms with E-state index < -0.39 is 5.97 Å². The van der Waals surface area contributed by atoms with E-state index >= 15 is 0 Å². The summed E-state index contributed by atoms with van der Waals surface area (Å²) in [6, 6.07) is 8.11. The third-order valence-electron chi connectivity index (χ3n) is 2.71. The summed E-state index contributed by atoms with van der Waals surface area (Å²) in [4.78, 5) is 23.5. The van der Waals surface area contributed by atoms with Crippen LogP contribution in [0.1, 0.15) is 17.5 Å². The van der Waals surface area contributed by atoms with E-state index in [1.165, 1.54) is 6.26 Å². The summed E-state index contributed by atoms with van der Waals surface area (Å²) in [6.07, 6.45) is 1.26. The molecule has 0 spiro atoms. The molecule has 5 heteroatoms. The van der Waals surface area contributed by atoms with Crippen LogP contribution in [-0.4, -0.2) is 19.7 Å². The SMILES string of the molecule is CCOC(=O)c1cc(=O)c(-c2ccc(OC)cc2)co1. The van der Waals surface area contributed by atoms with Crippen molar-refractivity contribution in [2.75, 3.05) is 13.7 Å². The van der Waals surface area contributed by atoms with Gasteiger partial charge in [-0.1, -0.05) is 12.1 Å². The minimum Gasteiger partial charge on any atom is -0.497 e. The van der Waals surface area contributed by atoms with Crippen molar-refractivity contribution in [2.45, 2.75) is 6.92 Å². The standard InChI is InChI=1S/C15H14O5/c1-3-19-15(17)14-8-13(16)12(9-20-14)10-4-6-11(18-2)7-5-10/h4-9H,3H2,1-2H3. The van der Waals surface area contributed by atoms with Crippen LogP contribution in [0.3, 0.4) is 0 Å². The van der Waals surface area contributed by atoms with Gasteiger partial charge in [0.15, 0.2) is 5.43 Å². The van der Waals surface area contributed by atoms with Gasteiger partial charge >= 0.3 is 5.97 Å². The smallest absolute Gasteiger partial charge is 0.374 e. The van der Waals surface area contributed by atoms with Crippen LogP contribution in [0.5, 0.6) is 5.75 Å². The Hall–Kier alpha value is -2.56. The Bertz CT molecular complexity index is 655. The Morgan fingerprint density at radius 3 is 2.50 bits per heavy atom. The molecule has 0 bridgehead atoms. The van der Waals surface area contributed by atoms with Crippen molar-refractivity contribution in [1.82, 2.24) is 0 Å². The number of rotatable bonds is 4. The predicted molar refractivity (Wildman–Crippen MR) is 72.9 cm³/mol. The molecule has 104 valence electrons. The minimum atomic E-state index is -0.647. The van der Waals surface area contributed by atoms with E-state index in [4.69, 9.17) is 13.9 Å². The lowest BCUT2D eigenvalue weighted by Crippen LogP contribution is -2.10.